The van der Waals surface area contributed by atoms with Gasteiger partial charge in [0.2, 0.25) is 5.91 Å². The van der Waals surface area contributed by atoms with Crippen molar-refractivity contribution in [3.63, 3.8) is 0 Å². The molecular weight excluding hydrogens is 446 g/mol. The van der Waals surface area contributed by atoms with Gasteiger partial charge in [-0.1, -0.05) is 35.5 Å². The number of nitrogens with zero attached hydrogens (tertiary/aromatic N) is 4. The minimum absolute atomic E-state index is 0.126. The Balaban J connectivity index is 1.64. The van der Waals surface area contributed by atoms with Crippen LogP contribution in [0.4, 0.5) is 0 Å². The summed E-state index contributed by atoms with van der Waals surface area (Å²) in [4.78, 5) is 12.6. The maximum Gasteiger partial charge on any atom is 0.231 e. The lowest BCUT2D eigenvalue weighted by atomic mass is 10.0. The molecule has 1 saturated carbocycles. The van der Waals surface area contributed by atoms with Crippen molar-refractivity contribution in [1.29, 1.82) is 5.26 Å². The summed E-state index contributed by atoms with van der Waals surface area (Å²) in [5.74, 6) is 1.20. The number of halogens is 1. The number of nitrogens with one attached hydrogen (secondary N) is 1. The van der Waals surface area contributed by atoms with Gasteiger partial charge < -0.3 is 10.1 Å². The van der Waals surface area contributed by atoms with Crippen molar-refractivity contribution in [3.8, 4) is 28.9 Å². The molecule has 0 bridgehead atoms. The van der Waals surface area contributed by atoms with Crippen LogP contribution >= 0.6 is 23.4 Å². The van der Waals surface area contributed by atoms with Gasteiger partial charge in [-0.2, -0.15) is 5.26 Å². The summed E-state index contributed by atoms with van der Waals surface area (Å²) in [6, 6.07) is 17.2. The highest BCUT2D eigenvalue weighted by Gasteiger charge is 2.35. The molecule has 0 saturated heterocycles. The second-order valence-corrected chi connectivity index (χ2v) is 8.94. The third-order valence-corrected chi connectivity index (χ3v) is 6.63. The van der Waals surface area contributed by atoms with Gasteiger partial charge in [0.15, 0.2) is 11.0 Å². The van der Waals surface area contributed by atoms with Crippen LogP contribution in [0.5, 0.6) is 5.75 Å². The zero-order valence-electron chi connectivity index (χ0n) is 17.5. The highest BCUT2D eigenvalue weighted by atomic mass is 35.5. The molecule has 1 N–H and O–H groups in total. The van der Waals surface area contributed by atoms with Crippen LogP contribution in [0.15, 0.2) is 53.7 Å². The van der Waals surface area contributed by atoms with Gasteiger partial charge in [-0.15, -0.1) is 10.2 Å². The molecule has 7 nitrogen and oxygen atoms in total. The van der Waals surface area contributed by atoms with E-state index in [1.807, 2.05) is 41.0 Å². The highest BCUT2D eigenvalue weighted by Crippen LogP contribution is 2.34. The Morgan fingerprint density at radius 2 is 1.94 bits per heavy atom. The number of hydrogen-bond donors (Lipinski definition) is 1. The van der Waals surface area contributed by atoms with Gasteiger partial charge in [-0.3, -0.25) is 9.36 Å². The topological polar surface area (TPSA) is 92.8 Å². The first-order valence-corrected chi connectivity index (χ1v) is 11.6. The molecule has 1 amide bonds. The fourth-order valence-corrected chi connectivity index (χ4v) is 4.74. The number of methoxy groups -OCH3 is 1. The number of ether oxygens (including phenoxy) is 1. The molecule has 1 fully saturated rings. The summed E-state index contributed by atoms with van der Waals surface area (Å²) in [5.41, 5.74) is 0.847. The molecule has 1 aliphatic rings. The maximum absolute atomic E-state index is 12.6. The van der Waals surface area contributed by atoms with Crippen LogP contribution in [0, 0.1) is 11.3 Å². The molecule has 164 valence electrons. The van der Waals surface area contributed by atoms with E-state index in [4.69, 9.17) is 16.3 Å². The minimum atomic E-state index is -0.746. The van der Waals surface area contributed by atoms with Gasteiger partial charge in [0.1, 0.15) is 11.3 Å². The molecule has 3 aromatic rings. The fourth-order valence-electron chi connectivity index (χ4n) is 3.87. The Labute approximate surface area is 195 Å². The SMILES string of the molecule is COc1ccccc1-c1nnc(SCC(=O)NC2(C#N)CCCC2)n1-c1ccc(Cl)cc1. The quantitative estimate of drug-likeness (QED) is 0.509. The third-order valence-electron chi connectivity index (χ3n) is 5.45. The van der Waals surface area contributed by atoms with Gasteiger partial charge in [-0.05, 0) is 62.1 Å². The summed E-state index contributed by atoms with van der Waals surface area (Å²) in [6.45, 7) is 0. The molecular formula is C23H22ClN5O2S. The molecule has 1 aromatic heterocycles. The average Bonchev–Trinajstić information content (AvgIpc) is 3.46. The number of benzene rings is 2. The molecule has 1 aliphatic carbocycles. The van der Waals surface area contributed by atoms with Crippen molar-refractivity contribution < 1.29 is 9.53 Å². The molecule has 0 atom stereocenters. The first-order chi connectivity index (χ1) is 15.5. The number of carbonyl (C=O) groups excluding carboxylic acids is 1. The fraction of sp³-hybridized carbons (Fsp3) is 0.304. The van der Waals surface area contributed by atoms with Crippen LogP contribution in [0.2, 0.25) is 5.02 Å². The normalized spacial score (nSPS) is 14.7. The zero-order chi connectivity index (χ0) is 22.6. The molecule has 0 unspecified atom stereocenters. The van der Waals surface area contributed by atoms with Crippen molar-refractivity contribution >= 4 is 29.3 Å². The summed E-state index contributed by atoms with van der Waals surface area (Å²) in [7, 11) is 1.61. The molecule has 32 heavy (non-hydrogen) atoms. The third kappa shape index (κ3) is 4.59. The van der Waals surface area contributed by atoms with Crippen molar-refractivity contribution in [3.05, 3.63) is 53.6 Å². The van der Waals surface area contributed by atoms with Crippen molar-refractivity contribution in [2.24, 2.45) is 0 Å². The summed E-state index contributed by atoms with van der Waals surface area (Å²) in [6.07, 6.45) is 3.29. The average molecular weight is 468 g/mol. The number of nitriles is 1. The largest absolute Gasteiger partial charge is 0.496 e. The molecule has 9 heteroatoms. The van der Waals surface area contributed by atoms with E-state index in [1.165, 1.54) is 11.8 Å². The number of para-hydroxylation sites is 1. The van der Waals surface area contributed by atoms with E-state index in [-0.39, 0.29) is 11.7 Å². The predicted octanol–water partition coefficient (Wildman–Crippen LogP) is 4.64. The van der Waals surface area contributed by atoms with E-state index in [0.717, 1.165) is 24.1 Å². The summed E-state index contributed by atoms with van der Waals surface area (Å²) < 4.78 is 7.39. The summed E-state index contributed by atoms with van der Waals surface area (Å²) in [5, 5.41) is 22.4. The number of carbonyl (C=O) groups is 1. The number of hydrogen-bond acceptors (Lipinski definition) is 6. The minimum Gasteiger partial charge on any atom is -0.496 e. The van der Waals surface area contributed by atoms with Gasteiger partial charge >= 0.3 is 0 Å². The monoisotopic (exact) mass is 467 g/mol. The molecule has 4 rings (SSSR count). The highest BCUT2D eigenvalue weighted by molar-refractivity contribution is 7.99. The van der Waals surface area contributed by atoms with E-state index in [9.17, 15) is 10.1 Å². The Kier molecular flexibility index (Phi) is 6.68. The number of amides is 1. The van der Waals surface area contributed by atoms with Gasteiger partial charge in [0.05, 0.1) is 24.5 Å². The van der Waals surface area contributed by atoms with E-state index in [2.05, 4.69) is 21.6 Å². The van der Waals surface area contributed by atoms with Crippen molar-refractivity contribution in [2.75, 3.05) is 12.9 Å². The first-order valence-electron chi connectivity index (χ1n) is 10.2. The van der Waals surface area contributed by atoms with Crippen molar-refractivity contribution in [2.45, 2.75) is 36.4 Å². The summed E-state index contributed by atoms with van der Waals surface area (Å²) >= 11 is 7.35. The molecule has 0 radical (unpaired) electrons. The van der Waals surface area contributed by atoms with E-state index < -0.39 is 5.54 Å². The van der Waals surface area contributed by atoms with Gasteiger partial charge in [-0.25, -0.2) is 0 Å². The number of rotatable bonds is 7. The van der Waals surface area contributed by atoms with E-state index in [1.54, 1.807) is 19.2 Å². The second-order valence-electron chi connectivity index (χ2n) is 7.56. The van der Waals surface area contributed by atoms with Crippen LogP contribution in [0.1, 0.15) is 25.7 Å². The molecule has 0 aliphatic heterocycles. The van der Waals surface area contributed by atoms with Crippen molar-refractivity contribution in [1.82, 2.24) is 20.1 Å². The predicted molar refractivity (Wildman–Crippen MR) is 124 cm³/mol. The Morgan fingerprint density at radius 3 is 2.62 bits per heavy atom. The van der Waals surface area contributed by atoms with Crippen LogP contribution in [-0.2, 0) is 4.79 Å². The standard InChI is InChI=1S/C23H22ClN5O2S/c1-31-19-7-3-2-6-18(19)21-27-28-22(29(21)17-10-8-16(24)9-11-17)32-14-20(30)26-23(15-25)12-4-5-13-23/h2-3,6-11H,4-5,12-14H2,1H3,(H,26,30). The zero-order valence-corrected chi connectivity index (χ0v) is 19.1. The lowest BCUT2D eigenvalue weighted by molar-refractivity contribution is -0.119. The molecule has 2 aromatic carbocycles. The van der Waals surface area contributed by atoms with Crippen LogP contribution in [-0.4, -0.2) is 39.1 Å². The Bertz CT molecular complexity index is 1150. The molecule has 0 spiro atoms. The van der Waals surface area contributed by atoms with Gasteiger partial charge in [0, 0.05) is 10.7 Å². The van der Waals surface area contributed by atoms with Crippen LogP contribution < -0.4 is 10.1 Å². The van der Waals surface area contributed by atoms with Crippen LogP contribution in [0.3, 0.4) is 0 Å². The second kappa shape index (κ2) is 9.63. The molecule has 1 heterocycles. The maximum atomic E-state index is 12.6. The number of thioether (sulfide) groups is 1. The Morgan fingerprint density at radius 1 is 1.22 bits per heavy atom. The van der Waals surface area contributed by atoms with Crippen LogP contribution in [0.25, 0.3) is 17.1 Å². The smallest absolute Gasteiger partial charge is 0.231 e. The van der Waals surface area contributed by atoms with E-state index in [0.29, 0.717) is 34.6 Å². The van der Waals surface area contributed by atoms with E-state index >= 15 is 0 Å². The lowest BCUT2D eigenvalue weighted by Gasteiger charge is -2.21. The Hall–Kier alpha value is -3.02. The first kappa shape index (κ1) is 22.2. The van der Waals surface area contributed by atoms with Gasteiger partial charge in [0.25, 0.3) is 0 Å². The number of aromatic nitrogens is 3. The lowest BCUT2D eigenvalue weighted by Crippen LogP contribution is -2.45.